The molecule has 0 aliphatic rings. The molecule has 0 atom stereocenters. The third-order valence-corrected chi connectivity index (χ3v) is 2.57. The molecule has 0 aromatic heterocycles. The van der Waals surface area contributed by atoms with E-state index in [1.54, 1.807) is 7.11 Å². The highest BCUT2D eigenvalue weighted by atomic mass is 16.5. The monoisotopic (exact) mass is 276 g/mol. The summed E-state index contributed by atoms with van der Waals surface area (Å²) in [5.41, 5.74) is 0.191. The molecule has 0 aliphatic heterocycles. The maximum absolute atomic E-state index is 5.50. The first-order chi connectivity index (χ1) is 8.95. The summed E-state index contributed by atoms with van der Waals surface area (Å²) in [6, 6.07) is 0. The van der Waals surface area contributed by atoms with Gasteiger partial charge in [-0.1, -0.05) is 0 Å². The first kappa shape index (κ1) is 18.8. The largest absolute Gasteiger partial charge is 0.382 e. The van der Waals surface area contributed by atoms with E-state index in [4.69, 9.17) is 14.2 Å². The molecule has 0 radical (unpaired) electrons. The molecule has 0 aliphatic carbocycles. The molecule has 0 heterocycles. The van der Waals surface area contributed by atoms with Crippen molar-refractivity contribution in [2.45, 2.75) is 26.3 Å². The summed E-state index contributed by atoms with van der Waals surface area (Å²) < 4.78 is 15.7. The van der Waals surface area contributed by atoms with Crippen molar-refractivity contribution in [2.75, 3.05) is 66.8 Å². The molecule has 0 saturated carbocycles. The fraction of sp³-hybridized carbons (Fsp3) is 1.00. The molecule has 0 unspecified atom stereocenters. The van der Waals surface area contributed by atoms with Gasteiger partial charge in [0.25, 0.3) is 0 Å². The van der Waals surface area contributed by atoms with Crippen LogP contribution in [0.4, 0.5) is 0 Å². The van der Waals surface area contributed by atoms with E-state index in [9.17, 15) is 0 Å². The normalized spacial score (nSPS) is 12.3. The zero-order valence-electron chi connectivity index (χ0n) is 13.3. The minimum Gasteiger partial charge on any atom is -0.382 e. The molecular formula is C14H32N2O3. The summed E-state index contributed by atoms with van der Waals surface area (Å²) >= 11 is 0. The lowest BCUT2D eigenvalue weighted by molar-refractivity contribution is 0.0208. The Morgan fingerprint density at radius 3 is 2.05 bits per heavy atom. The van der Waals surface area contributed by atoms with Gasteiger partial charge in [0, 0.05) is 32.3 Å². The van der Waals surface area contributed by atoms with Crippen LogP contribution in [0.2, 0.25) is 0 Å². The second-order valence-electron chi connectivity index (χ2n) is 5.70. The Bertz CT molecular complexity index is 196. The standard InChI is InChI=1S/C14H32N2O3/c1-14(2,3)15-6-7-16(4)8-9-18-12-13-19-11-10-17-5/h15H,6-13H2,1-5H3. The van der Waals surface area contributed by atoms with Gasteiger partial charge in [0.2, 0.25) is 0 Å². The van der Waals surface area contributed by atoms with Crippen LogP contribution in [-0.4, -0.2) is 77.3 Å². The molecule has 0 rings (SSSR count). The van der Waals surface area contributed by atoms with Gasteiger partial charge < -0.3 is 24.4 Å². The van der Waals surface area contributed by atoms with E-state index in [2.05, 4.69) is 38.0 Å². The van der Waals surface area contributed by atoms with Crippen molar-refractivity contribution < 1.29 is 14.2 Å². The Labute approximate surface area is 118 Å². The predicted octanol–water partition coefficient (Wildman–Crippen LogP) is 0.986. The van der Waals surface area contributed by atoms with Crippen molar-refractivity contribution in [1.82, 2.24) is 10.2 Å². The number of nitrogens with one attached hydrogen (secondary N) is 1. The first-order valence-electron chi connectivity index (χ1n) is 7.03. The first-order valence-corrected chi connectivity index (χ1v) is 7.03. The molecule has 116 valence electrons. The number of nitrogens with zero attached hydrogens (tertiary/aromatic N) is 1. The van der Waals surface area contributed by atoms with Crippen molar-refractivity contribution in [2.24, 2.45) is 0 Å². The molecule has 0 saturated heterocycles. The molecule has 0 bridgehead atoms. The SMILES string of the molecule is COCCOCCOCCN(C)CCNC(C)(C)C. The Hall–Kier alpha value is -0.200. The Kier molecular flexibility index (Phi) is 11.5. The lowest BCUT2D eigenvalue weighted by atomic mass is 10.1. The molecule has 0 amide bonds. The average Bonchev–Trinajstić information content (AvgIpc) is 2.31. The van der Waals surface area contributed by atoms with E-state index >= 15 is 0 Å². The van der Waals surface area contributed by atoms with Gasteiger partial charge in [-0.2, -0.15) is 0 Å². The maximum atomic E-state index is 5.50. The highest BCUT2D eigenvalue weighted by molar-refractivity contribution is 4.70. The lowest BCUT2D eigenvalue weighted by Crippen LogP contribution is -2.41. The van der Waals surface area contributed by atoms with E-state index in [1.807, 2.05) is 0 Å². The van der Waals surface area contributed by atoms with Gasteiger partial charge in [0.05, 0.1) is 33.0 Å². The molecule has 19 heavy (non-hydrogen) atoms. The number of hydrogen-bond donors (Lipinski definition) is 1. The highest BCUT2D eigenvalue weighted by Gasteiger charge is 2.08. The fourth-order valence-electron chi connectivity index (χ4n) is 1.42. The predicted molar refractivity (Wildman–Crippen MR) is 78.8 cm³/mol. The maximum Gasteiger partial charge on any atom is 0.0701 e. The summed E-state index contributed by atoms with van der Waals surface area (Å²) in [6.45, 7) is 12.8. The molecule has 5 nitrogen and oxygen atoms in total. The molecular weight excluding hydrogens is 244 g/mol. The number of hydrogen-bond acceptors (Lipinski definition) is 5. The van der Waals surface area contributed by atoms with Crippen molar-refractivity contribution in [1.29, 1.82) is 0 Å². The summed E-state index contributed by atoms with van der Waals surface area (Å²) in [5, 5.41) is 3.47. The average molecular weight is 276 g/mol. The van der Waals surface area contributed by atoms with Gasteiger partial charge >= 0.3 is 0 Å². The second kappa shape index (κ2) is 11.6. The lowest BCUT2D eigenvalue weighted by Gasteiger charge is -2.23. The summed E-state index contributed by atoms with van der Waals surface area (Å²) in [4.78, 5) is 2.27. The number of rotatable bonds is 12. The van der Waals surface area contributed by atoms with Gasteiger partial charge in [0.1, 0.15) is 0 Å². The molecule has 0 aromatic carbocycles. The van der Waals surface area contributed by atoms with Crippen molar-refractivity contribution in [3.63, 3.8) is 0 Å². The zero-order valence-corrected chi connectivity index (χ0v) is 13.3. The second-order valence-corrected chi connectivity index (χ2v) is 5.70. The van der Waals surface area contributed by atoms with Crippen LogP contribution in [0.25, 0.3) is 0 Å². The minimum absolute atomic E-state index is 0.191. The van der Waals surface area contributed by atoms with Crippen molar-refractivity contribution in [3.8, 4) is 0 Å². The molecule has 0 aromatic rings. The van der Waals surface area contributed by atoms with Gasteiger partial charge in [-0.15, -0.1) is 0 Å². The van der Waals surface area contributed by atoms with Crippen LogP contribution in [0.1, 0.15) is 20.8 Å². The molecule has 1 N–H and O–H groups in total. The van der Waals surface area contributed by atoms with Crippen LogP contribution in [0.3, 0.4) is 0 Å². The third-order valence-electron chi connectivity index (χ3n) is 2.57. The number of likely N-dealkylation sites (N-methyl/N-ethyl adjacent to an activating group) is 1. The third kappa shape index (κ3) is 15.7. The van der Waals surface area contributed by atoms with Gasteiger partial charge in [0.15, 0.2) is 0 Å². The minimum atomic E-state index is 0.191. The smallest absolute Gasteiger partial charge is 0.0701 e. The molecule has 0 fully saturated rings. The van der Waals surface area contributed by atoms with Crippen molar-refractivity contribution in [3.05, 3.63) is 0 Å². The van der Waals surface area contributed by atoms with E-state index in [0.29, 0.717) is 26.4 Å². The topological polar surface area (TPSA) is 43.0 Å². The van der Waals surface area contributed by atoms with Crippen LogP contribution >= 0.6 is 0 Å². The van der Waals surface area contributed by atoms with Crippen LogP contribution in [0, 0.1) is 0 Å². The van der Waals surface area contributed by atoms with E-state index < -0.39 is 0 Å². The summed E-state index contributed by atoms with van der Waals surface area (Å²) in [6.07, 6.45) is 0. The number of ether oxygens (including phenoxy) is 3. The van der Waals surface area contributed by atoms with Crippen molar-refractivity contribution >= 4 is 0 Å². The van der Waals surface area contributed by atoms with Gasteiger partial charge in [-0.05, 0) is 27.8 Å². The molecule has 5 heteroatoms. The summed E-state index contributed by atoms with van der Waals surface area (Å²) in [5.74, 6) is 0. The molecule has 0 spiro atoms. The fourth-order valence-corrected chi connectivity index (χ4v) is 1.42. The Morgan fingerprint density at radius 1 is 0.895 bits per heavy atom. The van der Waals surface area contributed by atoms with Crippen LogP contribution in [0.5, 0.6) is 0 Å². The van der Waals surface area contributed by atoms with Crippen LogP contribution in [0.15, 0.2) is 0 Å². The quantitative estimate of drug-likeness (QED) is 0.538. The Morgan fingerprint density at radius 2 is 1.47 bits per heavy atom. The van der Waals surface area contributed by atoms with Gasteiger partial charge in [-0.3, -0.25) is 0 Å². The van der Waals surface area contributed by atoms with E-state index in [1.165, 1.54) is 0 Å². The van der Waals surface area contributed by atoms with E-state index in [0.717, 1.165) is 26.2 Å². The van der Waals surface area contributed by atoms with Crippen LogP contribution < -0.4 is 5.32 Å². The highest BCUT2D eigenvalue weighted by Crippen LogP contribution is 1.97. The van der Waals surface area contributed by atoms with Gasteiger partial charge in [-0.25, -0.2) is 0 Å². The van der Waals surface area contributed by atoms with Crippen LogP contribution in [-0.2, 0) is 14.2 Å². The Balaban J connectivity index is 3.23. The zero-order chi connectivity index (χ0) is 14.6. The number of methoxy groups -OCH3 is 1. The summed E-state index contributed by atoms with van der Waals surface area (Å²) in [7, 11) is 3.78. The van der Waals surface area contributed by atoms with E-state index in [-0.39, 0.29) is 5.54 Å².